The van der Waals surface area contributed by atoms with Gasteiger partial charge in [-0.15, -0.1) is 0 Å². The van der Waals surface area contributed by atoms with Gasteiger partial charge in [0.05, 0.1) is 0 Å². The van der Waals surface area contributed by atoms with Crippen molar-refractivity contribution in [2.45, 2.75) is 43.6 Å². The SMILES string of the molecule is NC1CCc2c(O)cccc2C12CCC2. The molecule has 2 nitrogen and oxygen atoms in total. The van der Waals surface area contributed by atoms with Crippen LogP contribution in [0, 0.1) is 0 Å². The van der Waals surface area contributed by atoms with E-state index in [9.17, 15) is 5.11 Å². The Morgan fingerprint density at radius 3 is 2.80 bits per heavy atom. The number of hydrogen-bond acceptors (Lipinski definition) is 2. The van der Waals surface area contributed by atoms with Crippen LogP contribution in [0.15, 0.2) is 18.2 Å². The van der Waals surface area contributed by atoms with Crippen LogP contribution in [0.2, 0.25) is 0 Å². The lowest BCUT2D eigenvalue weighted by atomic mass is 9.56. The number of hydrogen-bond donors (Lipinski definition) is 2. The van der Waals surface area contributed by atoms with E-state index in [1.54, 1.807) is 6.07 Å². The minimum absolute atomic E-state index is 0.201. The Balaban J connectivity index is 2.16. The molecule has 1 atom stereocenters. The average molecular weight is 203 g/mol. The lowest BCUT2D eigenvalue weighted by Crippen LogP contribution is -2.53. The fourth-order valence-corrected chi connectivity index (χ4v) is 3.28. The van der Waals surface area contributed by atoms with Gasteiger partial charge in [-0.3, -0.25) is 0 Å². The molecule has 15 heavy (non-hydrogen) atoms. The Kier molecular flexibility index (Phi) is 1.84. The fraction of sp³-hybridized carbons (Fsp3) is 0.538. The molecular formula is C13H17NO. The van der Waals surface area contributed by atoms with Crippen LogP contribution in [-0.4, -0.2) is 11.1 Å². The molecule has 2 aliphatic rings. The van der Waals surface area contributed by atoms with Gasteiger partial charge in [-0.1, -0.05) is 18.6 Å². The van der Waals surface area contributed by atoms with Crippen molar-refractivity contribution in [3.63, 3.8) is 0 Å². The predicted octanol–water partition coefficient (Wildman–Crippen LogP) is 2.09. The molecule has 80 valence electrons. The second-order valence-corrected chi connectivity index (χ2v) is 4.96. The Morgan fingerprint density at radius 2 is 2.13 bits per heavy atom. The van der Waals surface area contributed by atoms with Crippen LogP contribution >= 0.6 is 0 Å². The zero-order valence-electron chi connectivity index (χ0n) is 8.87. The Bertz CT molecular complexity index is 396. The van der Waals surface area contributed by atoms with E-state index < -0.39 is 0 Å². The molecule has 1 unspecified atom stereocenters. The quantitative estimate of drug-likeness (QED) is 0.678. The first-order chi connectivity index (χ1) is 7.24. The van der Waals surface area contributed by atoms with E-state index in [0.29, 0.717) is 11.8 Å². The van der Waals surface area contributed by atoms with Crippen molar-refractivity contribution in [2.75, 3.05) is 0 Å². The van der Waals surface area contributed by atoms with Gasteiger partial charge in [0, 0.05) is 11.5 Å². The monoisotopic (exact) mass is 203 g/mol. The predicted molar refractivity (Wildman–Crippen MR) is 59.9 cm³/mol. The van der Waals surface area contributed by atoms with E-state index in [2.05, 4.69) is 6.07 Å². The highest BCUT2D eigenvalue weighted by molar-refractivity contribution is 5.47. The van der Waals surface area contributed by atoms with Crippen LogP contribution in [0.1, 0.15) is 36.8 Å². The molecule has 0 radical (unpaired) electrons. The maximum atomic E-state index is 9.85. The van der Waals surface area contributed by atoms with E-state index in [0.717, 1.165) is 18.4 Å². The first kappa shape index (κ1) is 9.22. The van der Waals surface area contributed by atoms with Gasteiger partial charge in [0.15, 0.2) is 0 Å². The minimum Gasteiger partial charge on any atom is -0.508 e. The molecule has 0 saturated heterocycles. The number of phenols is 1. The number of nitrogens with two attached hydrogens (primary N) is 1. The van der Waals surface area contributed by atoms with Crippen molar-refractivity contribution < 1.29 is 5.11 Å². The third-order valence-electron chi connectivity index (χ3n) is 4.35. The van der Waals surface area contributed by atoms with Crippen molar-refractivity contribution in [1.29, 1.82) is 0 Å². The second-order valence-electron chi connectivity index (χ2n) is 4.96. The van der Waals surface area contributed by atoms with Gasteiger partial charge >= 0.3 is 0 Å². The van der Waals surface area contributed by atoms with Crippen molar-refractivity contribution in [1.82, 2.24) is 0 Å². The van der Waals surface area contributed by atoms with E-state index in [1.807, 2.05) is 6.07 Å². The largest absolute Gasteiger partial charge is 0.508 e. The van der Waals surface area contributed by atoms with Crippen LogP contribution < -0.4 is 5.73 Å². The lowest BCUT2D eigenvalue weighted by molar-refractivity contribution is 0.175. The molecule has 1 saturated carbocycles. The highest BCUT2D eigenvalue weighted by Gasteiger charge is 2.47. The summed E-state index contributed by atoms with van der Waals surface area (Å²) in [6, 6.07) is 6.20. The first-order valence-electron chi connectivity index (χ1n) is 5.81. The number of fused-ring (bicyclic) bond motifs is 2. The maximum absolute atomic E-state index is 9.85. The molecule has 0 aromatic heterocycles. The smallest absolute Gasteiger partial charge is 0.119 e. The average Bonchev–Trinajstić information content (AvgIpc) is 2.15. The summed E-state index contributed by atoms with van der Waals surface area (Å²) in [6.07, 6.45) is 5.63. The molecule has 1 fully saturated rings. The molecule has 0 amide bonds. The molecular weight excluding hydrogens is 186 g/mol. The second kappa shape index (κ2) is 2.99. The summed E-state index contributed by atoms with van der Waals surface area (Å²) in [4.78, 5) is 0. The molecule has 2 heteroatoms. The van der Waals surface area contributed by atoms with Gasteiger partial charge in [-0.05, 0) is 42.9 Å². The lowest BCUT2D eigenvalue weighted by Gasteiger charge is -2.50. The van der Waals surface area contributed by atoms with E-state index >= 15 is 0 Å². The summed E-state index contributed by atoms with van der Waals surface area (Å²) in [5, 5.41) is 9.85. The van der Waals surface area contributed by atoms with Crippen LogP contribution in [0.4, 0.5) is 0 Å². The number of aromatic hydroxyl groups is 1. The van der Waals surface area contributed by atoms with Crippen LogP contribution in [0.3, 0.4) is 0 Å². The molecule has 1 aromatic rings. The number of benzene rings is 1. The molecule has 3 rings (SSSR count). The highest BCUT2D eigenvalue weighted by Crippen LogP contribution is 2.51. The number of rotatable bonds is 0. The van der Waals surface area contributed by atoms with Crippen molar-refractivity contribution in [2.24, 2.45) is 5.73 Å². The van der Waals surface area contributed by atoms with Crippen molar-refractivity contribution >= 4 is 0 Å². The number of phenolic OH excluding ortho intramolecular Hbond substituents is 1. The van der Waals surface area contributed by atoms with Gasteiger partial charge in [-0.25, -0.2) is 0 Å². The summed E-state index contributed by atoms with van der Waals surface area (Å²) in [5.41, 5.74) is 8.94. The summed E-state index contributed by atoms with van der Waals surface area (Å²) in [7, 11) is 0. The van der Waals surface area contributed by atoms with Gasteiger partial charge in [-0.2, -0.15) is 0 Å². The first-order valence-corrected chi connectivity index (χ1v) is 5.81. The minimum atomic E-state index is 0.201. The Hall–Kier alpha value is -1.02. The molecule has 0 heterocycles. The van der Waals surface area contributed by atoms with Crippen molar-refractivity contribution in [3.05, 3.63) is 29.3 Å². The van der Waals surface area contributed by atoms with Crippen LogP contribution in [-0.2, 0) is 11.8 Å². The molecule has 1 aromatic carbocycles. The van der Waals surface area contributed by atoms with Gasteiger partial charge in [0.25, 0.3) is 0 Å². The third-order valence-corrected chi connectivity index (χ3v) is 4.35. The van der Waals surface area contributed by atoms with E-state index in [4.69, 9.17) is 5.73 Å². The van der Waals surface area contributed by atoms with E-state index in [-0.39, 0.29) is 5.41 Å². The van der Waals surface area contributed by atoms with Crippen molar-refractivity contribution in [3.8, 4) is 5.75 Å². The summed E-state index contributed by atoms with van der Waals surface area (Å²) >= 11 is 0. The highest BCUT2D eigenvalue weighted by atomic mass is 16.3. The molecule has 1 spiro atoms. The van der Waals surface area contributed by atoms with E-state index in [1.165, 1.54) is 24.8 Å². The Morgan fingerprint density at radius 1 is 1.33 bits per heavy atom. The molecule has 0 bridgehead atoms. The summed E-state index contributed by atoms with van der Waals surface area (Å²) in [6.45, 7) is 0. The van der Waals surface area contributed by atoms with Crippen LogP contribution in [0.25, 0.3) is 0 Å². The summed E-state index contributed by atoms with van der Waals surface area (Å²) < 4.78 is 0. The fourth-order valence-electron chi connectivity index (χ4n) is 3.28. The standard InChI is InChI=1S/C13H17NO/c14-12-6-5-9-10(3-1-4-11(9)15)13(12)7-2-8-13/h1,3-4,12,15H,2,5-8,14H2. The van der Waals surface area contributed by atoms with Crippen LogP contribution in [0.5, 0.6) is 5.75 Å². The van der Waals surface area contributed by atoms with Gasteiger partial charge in [0.1, 0.15) is 5.75 Å². The molecule has 0 aliphatic heterocycles. The van der Waals surface area contributed by atoms with Gasteiger partial charge in [0.2, 0.25) is 0 Å². The van der Waals surface area contributed by atoms with Gasteiger partial charge < -0.3 is 10.8 Å². The maximum Gasteiger partial charge on any atom is 0.119 e. The third kappa shape index (κ3) is 1.08. The zero-order chi connectivity index (χ0) is 10.5. The topological polar surface area (TPSA) is 46.2 Å². The molecule has 2 aliphatic carbocycles. The molecule has 3 N–H and O–H groups in total. The normalized spacial score (nSPS) is 27.1. The zero-order valence-corrected chi connectivity index (χ0v) is 8.87. The summed E-state index contributed by atoms with van der Waals surface area (Å²) in [5.74, 6) is 0.464. The Labute approximate surface area is 90.1 Å².